The van der Waals surface area contributed by atoms with E-state index in [0.717, 1.165) is 17.8 Å². The van der Waals surface area contributed by atoms with Crippen LogP contribution in [0.15, 0.2) is 0 Å². The van der Waals surface area contributed by atoms with Crippen LogP contribution in [0, 0.1) is 17.8 Å². The van der Waals surface area contributed by atoms with Gasteiger partial charge in [-0.2, -0.15) is 0 Å². The highest BCUT2D eigenvalue weighted by molar-refractivity contribution is 4.98. The lowest BCUT2D eigenvalue weighted by molar-refractivity contribution is 0.0216. The summed E-state index contributed by atoms with van der Waals surface area (Å²) in [5.74, 6) is 8.42. The van der Waals surface area contributed by atoms with E-state index in [1.807, 2.05) is 0 Å². The largest absolute Gasteiger partial charge is 0.297 e. The van der Waals surface area contributed by atoms with Crippen molar-refractivity contribution in [2.75, 3.05) is 13.1 Å². The molecule has 2 rings (SSSR count). The van der Waals surface area contributed by atoms with Crippen LogP contribution in [0.3, 0.4) is 0 Å². The maximum absolute atomic E-state index is 6.01. The van der Waals surface area contributed by atoms with Crippen molar-refractivity contribution in [2.45, 2.75) is 77.8 Å². The minimum atomic E-state index is 0.163. The van der Waals surface area contributed by atoms with Crippen molar-refractivity contribution in [1.29, 1.82) is 0 Å². The zero-order chi connectivity index (χ0) is 14.8. The van der Waals surface area contributed by atoms with Gasteiger partial charge in [-0.3, -0.25) is 16.2 Å². The van der Waals surface area contributed by atoms with Crippen molar-refractivity contribution in [1.82, 2.24) is 10.3 Å². The lowest BCUT2D eigenvalue weighted by Crippen LogP contribution is -2.63. The molecule has 1 aliphatic heterocycles. The number of rotatable bonds is 4. The molecule has 0 aromatic carbocycles. The van der Waals surface area contributed by atoms with E-state index in [0.29, 0.717) is 6.04 Å². The van der Waals surface area contributed by atoms with Crippen LogP contribution in [0.4, 0.5) is 0 Å². The molecule has 20 heavy (non-hydrogen) atoms. The van der Waals surface area contributed by atoms with Crippen LogP contribution < -0.4 is 11.3 Å². The molecular formula is C17H35N3. The molecule has 1 heterocycles. The van der Waals surface area contributed by atoms with Gasteiger partial charge in [-0.05, 0) is 76.8 Å². The molecule has 1 saturated heterocycles. The highest BCUT2D eigenvalue weighted by Gasteiger charge is 2.41. The van der Waals surface area contributed by atoms with Crippen LogP contribution in [0.5, 0.6) is 0 Å². The highest BCUT2D eigenvalue weighted by atomic mass is 15.3. The number of hydrazine groups is 1. The molecule has 3 heteroatoms. The Labute approximate surface area is 125 Å². The summed E-state index contributed by atoms with van der Waals surface area (Å²) in [6, 6.07) is 0.408. The first-order chi connectivity index (χ1) is 9.45. The fourth-order valence-electron chi connectivity index (χ4n) is 4.87. The Balaban J connectivity index is 2.08. The molecule has 3 nitrogen and oxygen atoms in total. The van der Waals surface area contributed by atoms with E-state index in [4.69, 9.17) is 5.84 Å². The molecule has 3 atom stereocenters. The number of piperidine rings is 1. The van der Waals surface area contributed by atoms with Gasteiger partial charge in [0.15, 0.2) is 0 Å². The van der Waals surface area contributed by atoms with Crippen LogP contribution in [0.1, 0.15) is 66.2 Å². The number of nitrogens with zero attached hydrogens (tertiary/aromatic N) is 1. The Bertz CT molecular complexity index is 287. The first kappa shape index (κ1) is 16.3. The van der Waals surface area contributed by atoms with Crippen LogP contribution >= 0.6 is 0 Å². The molecule has 0 spiro atoms. The second-order valence-corrected chi connectivity index (χ2v) is 8.02. The lowest BCUT2D eigenvalue weighted by Gasteiger charge is -2.50. The Morgan fingerprint density at radius 3 is 2.05 bits per heavy atom. The maximum atomic E-state index is 6.01. The summed E-state index contributed by atoms with van der Waals surface area (Å²) in [4.78, 5) is 2.67. The summed E-state index contributed by atoms with van der Waals surface area (Å²) in [5.41, 5.74) is 3.37. The van der Waals surface area contributed by atoms with Crippen molar-refractivity contribution in [2.24, 2.45) is 23.6 Å². The highest BCUT2D eigenvalue weighted by Crippen LogP contribution is 2.39. The second kappa shape index (κ2) is 6.76. The molecule has 0 amide bonds. The van der Waals surface area contributed by atoms with Crippen LogP contribution in [0.2, 0.25) is 0 Å². The molecule has 0 aromatic rings. The molecule has 118 valence electrons. The first-order valence-corrected chi connectivity index (χ1v) is 8.66. The topological polar surface area (TPSA) is 41.3 Å². The van der Waals surface area contributed by atoms with Crippen molar-refractivity contribution < 1.29 is 0 Å². The average molecular weight is 281 g/mol. The summed E-state index contributed by atoms with van der Waals surface area (Å²) >= 11 is 0. The molecular weight excluding hydrogens is 246 g/mol. The third kappa shape index (κ3) is 3.55. The van der Waals surface area contributed by atoms with Crippen LogP contribution in [0.25, 0.3) is 0 Å². The molecule has 0 aromatic heterocycles. The van der Waals surface area contributed by atoms with E-state index in [9.17, 15) is 0 Å². The molecule has 2 fully saturated rings. The number of hydrogen-bond acceptors (Lipinski definition) is 3. The second-order valence-electron chi connectivity index (χ2n) is 8.02. The van der Waals surface area contributed by atoms with Crippen LogP contribution in [-0.4, -0.2) is 29.6 Å². The van der Waals surface area contributed by atoms with Crippen LogP contribution in [-0.2, 0) is 0 Å². The van der Waals surface area contributed by atoms with Crippen molar-refractivity contribution in [3.05, 3.63) is 0 Å². The number of hydrogen-bond donors (Lipinski definition) is 2. The third-order valence-electron chi connectivity index (χ3n) is 5.80. The zero-order valence-corrected chi connectivity index (χ0v) is 14.0. The maximum Gasteiger partial charge on any atom is 0.0417 e. The predicted octanol–water partition coefficient (Wildman–Crippen LogP) is 3.16. The van der Waals surface area contributed by atoms with E-state index >= 15 is 0 Å². The van der Waals surface area contributed by atoms with Gasteiger partial charge in [0.1, 0.15) is 0 Å². The van der Waals surface area contributed by atoms with E-state index in [1.54, 1.807) is 0 Å². The smallest absolute Gasteiger partial charge is 0.0417 e. The normalized spacial score (nSPS) is 35.0. The summed E-state index contributed by atoms with van der Waals surface area (Å²) < 4.78 is 0. The van der Waals surface area contributed by atoms with Gasteiger partial charge >= 0.3 is 0 Å². The summed E-state index contributed by atoms with van der Waals surface area (Å²) in [6.07, 6.45) is 8.13. The average Bonchev–Trinajstić information content (AvgIpc) is 2.39. The Morgan fingerprint density at radius 1 is 1.00 bits per heavy atom. The molecule has 3 unspecified atom stereocenters. The quantitative estimate of drug-likeness (QED) is 0.614. The van der Waals surface area contributed by atoms with Gasteiger partial charge in [0, 0.05) is 11.6 Å². The standard InChI is InChI=1S/C17H35N3/c1-13-10-14(2)12-15(11-13)16(19-18)17(3,4)20-8-6-5-7-9-20/h13-16,19H,5-12,18H2,1-4H3. The molecule has 2 aliphatic rings. The Kier molecular flexibility index (Phi) is 5.49. The van der Waals surface area contributed by atoms with Gasteiger partial charge in [0.25, 0.3) is 0 Å². The van der Waals surface area contributed by atoms with Crippen molar-refractivity contribution in [3.8, 4) is 0 Å². The predicted molar refractivity (Wildman–Crippen MR) is 86.3 cm³/mol. The molecule has 1 aliphatic carbocycles. The SMILES string of the molecule is CC1CC(C)CC(C(NN)C(C)(C)N2CCCCC2)C1. The summed E-state index contributed by atoms with van der Waals surface area (Å²) in [7, 11) is 0. The Morgan fingerprint density at radius 2 is 1.55 bits per heavy atom. The number of likely N-dealkylation sites (tertiary alicyclic amines) is 1. The van der Waals surface area contributed by atoms with Gasteiger partial charge in [-0.1, -0.05) is 20.3 Å². The van der Waals surface area contributed by atoms with E-state index < -0.39 is 0 Å². The van der Waals surface area contributed by atoms with Gasteiger partial charge in [-0.25, -0.2) is 0 Å². The molecule has 0 radical (unpaired) electrons. The van der Waals surface area contributed by atoms with Gasteiger partial charge in [0.2, 0.25) is 0 Å². The van der Waals surface area contributed by atoms with Crippen molar-refractivity contribution in [3.63, 3.8) is 0 Å². The minimum Gasteiger partial charge on any atom is -0.297 e. The fraction of sp³-hybridized carbons (Fsp3) is 1.00. The van der Waals surface area contributed by atoms with Gasteiger partial charge < -0.3 is 0 Å². The fourth-order valence-corrected chi connectivity index (χ4v) is 4.87. The van der Waals surface area contributed by atoms with Gasteiger partial charge in [0.05, 0.1) is 0 Å². The van der Waals surface area contributed by atoms with Gasteiger partial charge in [-0.15, -0.1) is 0 Å². The van der Waals surface area contributed by atoms with Crippen molar-refractivity contribution >= 4 is 0 Å². The zero-order valence-electron chi connectivity index (χ0n) is 14.0. The molecule has 0 bridgehead atoms. The molecule has 3 N–H and O–H groups in total. The van der Waals surface area contributed by atoms with E-state index in [1.165, 1.54) is 51.6 Å². The number of nitrogens with one attached hydrogen (secondary N) is 1. The first-order valence-electron chi connectivity index (χ1n) is 8.66. The summed E-state index contributed by atoms with van der Waals surface area (Å²) in [6.45, 7) is 12.1. The minimum absolute atomic E-state index is 0.163. The monoisotopic (exact) mass is 281 g/mol. The van der Waals surface area contributed by atoms with E-state index in [2.05, 4.69) is 38.0 Å². The summed E-state index contributed by atoms with van der Waals surface area (Å²) in [5, 5.41) is 0. The number of nitrogens with two attached hydrogens (primary N) is 1. The third-order valence-corrected chi connectivity index (χ3v) is 5.80. The Hall–Kier alpha value is -0.120. The lowest BCUT2D eigenvalue weighted by atomic mass is 9.69. The molecule has 1 saturated carbocycles. The van der Waals surface area contributed by atoms with E-state index in [-0.39, 0.29) is 5.54 Å².